The summed E-state index contributed by atoms with van der Waals surface area (Å²) in [5.41, 5.74) is 7.15. The second kappa shape index (κ2) is 6.64. The maximum absolute atomic E-state index is 13.1. The molecule has 1 unspecified atom stereocenters. The number of halogens is 1. The standard InChI is InChI=1S/C16H14FN3OS2/c1-2-12(15(18)21)23-16-14-11(19-8-20-16)7-13(22-14)9-3-5-10(17)6-4-9/h3-8,12H,2H2,1H3,(H2,18,21). The molecule has 7 heteroatoms. The Kier molecular flexibility index (Phi) is 4.58. The number of amides is 1. The molecule has 2 aromatic heterocycles. The molecule has 0 radical (unpaired) electrons. The molecule has 2 N–H and O–H groups in total. The van der Waals surface area contributed by atoms with Crippen LogP contribution in [-0.2, 0) is 4.79 Å². The van der Waals surface area contributed by atoms with Gasteiger partial charge in [-0.25, -0.2) is 14.4 Å². The van der Waals surface area contributed by atoms with E-state index in [0.29, 0.717) is 6.42 Å². The molecule has 3 aromatic rings. The van der Waals surface area contributed by atoms with E-state index in [1.54, 1.807) is 12.1 Å². The summed E-state index contributed by atoms with van der Waals surface area (Å²) in [6.07, 6.45) is 2.13. The summed E-state index contributed by atoms with van der Waals surface area (Å²) in [7, 11) is 0. The monoisotopic (exact) mass is 347 g/mol. The van der Waals surface area contributed by atoms with Crippen molar-refractivity contribution in [3.8, 4) is 10.4 Å². The van der Waals surface area contributed by atoms with Crippen molar-refractivity contribution in [3.05, 3.63) is 42.5 Å². The van der Waals surface area contributed by atoms with E-state index in [2.05, 4.69) is 9.97 Å². The molecular formula is C16H14FN3OS2. The lowest BCUT2D eigenvalue weighted by Crippen LogP contribution is -2.24. The summed E-state index contributed by atoms with van der Waals surface area (Å²) in [6, 6.07) is 8.28. The summed E-state index contributed by atoms with van der Waals surface area (Å²) >= 11 is 2.89. The van der Waals surface area contributed by atoms with Crippen LogP contribution in [0.3, 0.4) is 0 Å². The van der Waals surface area contributed by atoms with Crippen LogP contribution in [0.1, 0.15) is 13.3 Å². The molecule has 0 spiro atoms. The van der Waals surface area contributed by atoms with E-state index in [1.165, 1.54) is 41.6 Å². The zero-order valence-corrected chi connectivity index (χ0v) is 14.0. The number of aromatic nitrogens is 2. The van der Waals surface area contributed by atoms with Crippen LogP contribution < -0.4 is 5.73 Å². The number of nitrogens with two attached hydrogens (primary N) is 1. The Morgan fingerprint density at radius 3 is 2.74 bits per heavy atom. The summed E-state index contributed by atoms with van der Waals surface area (Å²) in [5, 5.41) is 0.434. The van der Waals surface area contributed by atoms with E-state index in [4.69, 9.17) is 5.73 Å². The summed E-state index contributed by atoms with van der Waals surface area (Å²) in [5.74, 6) is -0.613. The molecule has 1 amide bonds. The second-order valence-electron chi connectivity index (χ2n) is 4.93. The van der Waals surface area contributed by atoms with Crippen molar-refractivity contribution < 1.29 is 9.18 Å². The topological polar surface area (TPSA) is 68.9 Å². The van der Waals surface area contributed by atoms with Gasteiger partial charge >= 0.3 is 0 Å². The first-order valence-corrected chi connectivity index (χ1v) is 8.74. The third kappa shape index (κ3) is 3.35. The maximum atomic E-state index is 13.1. The highest BCUT2D eigenvalue weighted by Gasteiger charge is 2.18. The number of hydrogen-bond donors (Lipinski definition) is 1. The van der Waals surface area contributed by atoms with Crippen LogP contribution in [0.25, 0.3) is 20.7 Å². The molecule has 0 aliphatic rings. The first kappa shape index (κ1) is 15.9. The molecule has 1 atom stereocenters. The molecule has 0 fully saturated rings. The van der Waals surface area contributed by atoms with E-state index in [1.807, 2.05) is 13.0 Å². The van der Waals surface area contributed by atoms with Gasteiger partial charge in [-0.1, -0.05) is 30.8 Å². The fourth-order valence-electron chi connectivity index (χ4n) is 2.15. The minimum Gasteiger partial charge on any atom is -0.369 e. The smallest absolute Gasteiger partial charge is 0.230 e. The first-order valence-electron chi connectivity index (χ1n) is 7.05. The predicted molar refractivity (Wildman–Crippen MR) is 91.9 cm³/mol. The normalized spacial score (nSPS) is 12.4. The Morgan fingerprint density at radius 2 is 2.09 bits per heavy atom. The van der Waals surface area contributed by atoms with Gasteiger partial charge in [0.2, 0.25) is 5.91 Å². The van der Waals surface area contributed by atoms with Crippen LogP contribution in [0.15, 0.2) is 41.7 Å². The Morgan fingerprint density at radius 1 is 1.35 bits per heavy atom. The van der Waals surface area contributed by atoms with Crippen LogP contribution >= 0.6 is 23.1 Å². The lowest BCUT2D eigenvalue weighted by atomic mass is 10.2. The number of rotatable bonds is 5. The van der Waals surface area contributed by atoms with E-state index >= 15 is 0 Å². The molecule has 4 nitrogen and oxygen atoms in total. The van der Waals surface area contributed by atoms with Gasteiger partial charge in [-0.2, -0.15) is 0 Å². The predicted octanol–water partition coefficient (Wildman–Crippen LogP) is 3.85. The highest BCUT2D eigenvalue weighted by atomic mass is 32.2. The number of thioether (sulfide) groups is 1. The van der Waals surface area contributed by atoms with Crippen LogP contribution in [0.5, 0.6) is 0 Å². The fraction of sp³-hybridized carbons (Fsp3) is 0.188. The largest absolute Gasteiger partial charge is 0.369 e. The van der Waals surface area contributed by atoms with Crippen LogP contribution in [0, 0.1) is 5.82 Å². The number of thiophene rings is 1. The van der Waals surface area contributed by atoms with Gasteiger partial charge in [0, 0.05) is 4.88 Å². The van der Waals surface area contributed by atoms with E-state index in [9.17, 15) is 9.18 Å². The molecule has 0 saturated carbocycles. The van der Waals surface area contributed by atoms with Crippen LogP contribution in [0.4, 0.5) is 4.39 Å². The summed E-state index contributed by atoms with van der Waals surface area (Å²) in [4.78, 5) is 21.0. The van der Waals surface area contributed by atoms with Crippen LogP contribution in [0.2, 0.25) is 0 Å². The summed E-state index contributed by atoms with van der Waals surface area (Å²) < 4.78 is 14.0. The van der Waals surface area contributed by atoms with Crippen molar-refractivity contribution in [1.29, 1.82) is 0 Å². The summed E-state index contributed by atoms with van der Waals surface area (Å²) in [6.45, 7) is 1.92. The van der Waals surface area contributed by atoms with Gasteiger partial charge in [-0.15, -0.1) is 11.3 Å². The van der Waals surface area contributed by atoms with Gasteiger partial charge < -0.3 is 5.73 Å². The SMILES string of the molecule is CCC(Sc1ncnc2cc(-c3ccc(F)cc3)sc12)C(N)=O. The van der Waals surface area contributed by atoms with Gasteiger partial charge in [0.25, 0.3) is 0 Å². The van der Waals surface area contributed by atoms with E-state index < -0.39 is 0 Å². The second-order valence-corrected chi connectivity index (χ2v) is 7.17. The average molecular weight is 347 g/mol. The molecule has 118 valence electrons. The van der Waals surface area contributed by atoms with Gasteiger partial charge in [0.1, 0.15) is 17.2 Å². The number of primary amides is 1. The minimum atomic E-state index is -0.348. The highest BCUT2D eigenvalue weighted by Crippen LogP contribution is 2.38. The molecule has 2 heterocycles. The number of nitrogens with zero attached hydrogens (tertiary/aromatic N) is 2. The van der Waals surface area contributed by atoms with Crippen LogP contribution in [-0.4, -0.2) is 21.1 Å². The Bertz CT molecular complexity index is 848. The molecule has 3 rings (SSSR count). The van der Waals surface area contributed by atoms with Gasteiger partial charge in [0.15, 0.2) is 0 Å². The average Bonchev–Trinajstić information content (AvgIpc) is 2.97. The van der Waals surface area contributed by atoms with Crippen molar-refractivity contribution in [2.45, 2.75) is 23.6 Å². The van der Waals surface area contributed by atoms with Gasteiger partial charge in [0.05, 0.1) is 15.5 Å². The Labute approximate surface area is 140 Å². The number of fused-ring (bicyclic) bond motifs is 1. The number of hydrogen-bond acceptors (Lipinski definition) is 5. The molecule has 23 heavy (non-hydrogen) atoms. The fourth-order valence-corrected chi connectivity index (χ4v) is 4.29. The number of carbonyl (C=O) groups excluding carboxylic acids is 1. The maximum Gasteiger partial charge on any atom is 0.230 e. The third-order valence-electron chi connectivity index (χ3n) is 3.35. The molecule has 0 bridgehead atoms. The zero-order valence-electron chi connectivity index (χ0n) is 12.3. The van der Waals surface area contributed by atoms with Crippen molar-refractivity contribution in [1.82, 2.24) is 9.97 Å². The Balaban J connectivity index is 2.01. The van der Waals surface area contributed by atoms with Gasteiger partial charge in [-0.3, -0.25) is 4.79 Å². The molecule has 0 aliphatic heterocycles. The Hall–Kier alpha value is -1.99. The molecule has 0 saturated heterocycles. The number of carbonyl (C=O) groups is 1. The lowest BCUT2D eigenvalue weighted by molar-refractivity contribution is -0.117. The minimum absolute atomic E-state index is 0.266. The van der Waals surface area contributed by atoms with Crippen molar-refractivity contribution in [2.24, 2.45) is 5.73 Å². The molecular weight excluding hydrogens is 333 g/mol. The third-order valence-corrected chi connectivity index (χ3v) is 6.04. The molecule has 1 aromatic carbocycles. The molecule has 0 aliphatic carbocycles. The zero-order chi connectivity index (χ0) is 16.4. The lowest BCUT2D eigenvalue weighted by Gasteiger charge is -2.09. The first-order chi connectivity index (χ1) is 11.1. The highest BCUT2D eigenvalue weighted by molar-refractivity contribution is 8.00. The van der Waals surface area contributed by atoms with Crippen molar-refractivity contribution >= 4 is 39.2 Å². The van der Waals surface area contributed by atoms with E-state index in [0.717, 1.165) is 25.7 Å². The van der Waals surface area contributed by atoms with Gasteiger partial charge in [-0.05, 0) is 30.2 Å². The van der Waals surface area contributed by atoms with E-state index in [-0.39, 0.29) is 17.0 Å². The quantitative estimate of drug-likeness (QED) is 0.562. The van der Waals surface area contributed by atoms with Crippen molar-refractivity contribution in [2.75, 3.05) is 0 Å². The van der Waals surface area contributed by atoms with Crippen molar-refractivity contribution in [3.63, 3.8) is 0 Å². The number of benzene rings is 1.